The molecule has 2 aromatic rings. The first-order valence-electron chi connectivity index (χ1n) is 11.7. The lowest BCUT2D eigenvalue weighted by Crippen LogP contribution is -2.41. The Hall–Kier alpha value is -3.72. The molecule has 0 saturated carbocycles. The molecule has 0 aliphatic carbocycles. The number of hydrogen-bond acceptors (Lipinski definition) is 9. The quantitative estimate of drug-likeness (QED) is 0.266. The molecule has 0 radical (unpaired) electrons. The van der Waals surface area contributed by atoms with Crippen LogP contribution in [0.3, 0.4) is 0 Å². The van der Waals surface area contributed by atoms with E-state index in [1.165, 1.54) is 13.2 Å². The number of ether oxygens (including phenoxy) is 4. The van der Waals surface area contributed by atoms with Gasteiger partial charge in [0.05, 0.1) is 24.5 Å². The normalized spacial score (nSPS) is 11.6. The van der Waals surface area contributed by atoms with Gasteiger partial charge in [-0.25, -0.2) is 4.79 Å². The summed E-state index contributed by atoms with van der Waals surface area (Å²) in [6.07, 6.45) is 0.184. The zero-order valence-electron chi connectivity index (χ0n) is 21.2. The Kier molecular flexibility index (Phi) is 11.1. The lowest BCUT2D eigenvalue weighted by Gasteiger charge is -2.18. The highest BCUT2D eigenvalue weighted by atomic mass is 16.6. The van der Waals surface area contributed by atoms with Gasteiger partial charge in [-0.3, -0.25) is 14.4 Å². The van der Waals surface area contributed by atoms with E-state index in [1.807, 2.05) is 0 Å². The van der Waals surface area contributed by atoms with Crippen molar-refractivity contribution in [2.24, 2.45) is 11.8 Å². The van der Waals surface area contributed by atoms with Crippen molar-refractivity contribution >= 4 is 23.9 Å². The van der Waals surface area contributed by atoms with Crippen LogP contribution < -0.4 is 14.8 Å². The van der Waals surface area contributed by atoms with Crippen LogP contribution in [-0.4, -0.2) is 50.2 Å². The maximum atomic E-state index is 12.4. The topological polar surface area (TPSA) is 117 Å². The molecule has 0 aliphatic rings. The molecule has 0 aliphatic heterocycles. The first-order chi connectivity index (χ1) is 17.1. The van der Waals surface area contributed by atoms with Crippen LogP contribution in [0.5, 0.6) is 11.5 Å². The van der Waals surface area contributed by atoms with Crippen molar-refractivity contribution in [2.45, 2.75) is 40.2 Å². The Morgan fingerprint density at radius 3 is 2.00 bits per heavy atom. The van der Waals surface area contributed by atoms with Crippen molar-refractivity contribution < 1.29 is 38.1 Å². The fraction of sp³-hybridized carbons (Fsp3) is 0.407. The van der Waals surface area contributed by atoms with E-state index in [0.717, 1.165) is 0 Å². The highest BCUT2D eigenvalue weighted by Crippen LogP contribution is 2.30. The van der Waals surface area contributed by atoms with E-state index in [0.29, 0.717) is 11.1 Å². The van der Waals surface area contributed by atoms with Gasteiger partial charge in [0.2, 0.25) is 0 Å². The van der Waals surface area contributed by atoms with E-state index in [9.17, 15) is 19.2 Å². The van der Waals surface area contributed by atoms with Crippen molar-refractivity contribution in [1.29, 1.82) is 0 Å². The molecule has 0 fully saturated rings. The van der Waals surface area contributed by atoms with Crippen molar-refractivity contribution in [3.8, 4) is 11.5 Å². The van der Waals surface area contributed by atoms with Crippen LogP contribution in [0, 0.1) is 11.8 Å². The fourth-order valence-electron chi connectivity index (χ4n) is 2.95. The van der Waals surface area contributed by atoms with Gasteiger partial charge in [0.25, 0.3) is 0 Å². The van der Waals surface area contributed by atoms with Gasteiger partial charge >= 0.3 is 23.9 Å². The largest absolute Gasteiger partial charge is 0.468 e. The monoisotopic (exact) mass is 499 g/mol. The molecule has 0 aromatic heterocycles. The first kappa shape index (κ1) is 28.5. The number of methoxy groups -OCH3 is 1. The SMILES string of the molecule is COC(=O)[C@H](Cc1ccc(OC(=O)C(C)C)c(OC(=O)C(C)C)c1)NCCOC(=O)c1ccccc1. The molecule has 1 N–H and O–H groups in total. The van der Waals surface area contributed by atoms with E-state index in [-0.39, 0.29) is 37.0 Å². The zero-order chi connectivity index (χ0) is 26.7. The number of carbonyl (C=O) groups excluding carboxylic acids is 4. The first-order valence-corrected chi connectivity index (χ1v) is 11.7. The van der Waals surface area contributed by atoms with Crippen molar-refractivity contribution in [1.82, 2.24) is 5.32 Å². The predicted molar refractivity (Wildman–Crippen MR) is 132 cm³/mol. The molecule has 0 saturated heterocycles. The number of carbonyl (C=O) groups is 4. The van der Waals surface area contributed by atoms with Crippen LogP contribution in [0.15, 0.2) is 48.5 Å². The molecule has 194 valence electrons. The van der Waals surface area contributed by atoms with Gasteiger partial charge in [-0.05, 0) is 36.2 Å². The van der Waals surface area contributed by atoms with Gasteiger partial charge in [0.1, 0.15) is 12.6 Å². The number of nitrogens with one attached hydrogen (secondary N) is 1. The van der Waals surface area contributed by atoms with Gasteiger partial charge in [-0.2, -0.15) is 0 Å². The minimum atomic E-state index is -0.761. The summed E-state index contributed by atoms with van der Waals surface area (Å²) in [4.78, 5) is 48.7. The smallest absolute Gasteiger partial charge is 0.338 e. The molecule has 0 spiro atoms. The van der Waals surface area contributed by atoms with Gasteiger partial charge in [-0.1, -0.05) is 52.0 Å². The van der Waals surface area contributed by atoms with Crippen LogP contribution in [0.1, 0.15) is 43.6 Å². The Morgan fingerprint density at radius 2 is 1.42 bits per heavy atom. The molecule has 0 bridgehead atoms. The van der Waals surface area contributed by atoms with E-state index in [4.69, 9.17) is 18.9 Å². The molecular weight excluding hydrogens is 466 g/mol. The van der Waals surface area contributed by atoms with E-state index in [2.05, 4.69) is 5.32 Å². The third kappa shape index (κ3) is 8.81. The third-order valence-corrected chi connectivity index (χ3v) is 5.03. The van der Waals surface area contributed by atoms with Crippen molar-refractivity contribution in [3.63, 3.8) is 0 Å². The van der Waals surface area contributed by atoms with Crippen molar-refractivity contribution in [2.75, 3.05) is 20.3 Å². The van der Waals surface area contributed by atoms with Crippen LogP contribution >= 0.6 is 0 Å². The molecule has 9 nitrogen and oxygen atoms in total. The Morgan fingerprint density at radius 1 is 0.806 bits per heavy atom. The van der Waals surface area contributed by atoms with E-state index in [1.54, 1.807) is 70.2 Å². The molecule has 36 heavy (non-hydrogen) atoms. The molecule has 0 unspecified atom stereocenters. The third-order valence-electron chi connectivity index (χ3n) is 5.03. The summed E-state index contributed by atoms with van der Waals surface area (Å²) in [6.45, 7) is 7.02. The Labute approximate surface area is 211 Å². The second-order valence-electron chi connectivity index (χ2n) is 8.67. The highest BCUT2D eigenvalue weighted by molar-refractivity contribution is 5.89. The highest BCUT2D eigenvalue weighted by Gasteiger charge is 2.22. The summed E-state index contributed by atoms with van der Waals surface area (Å²) in [5.41, 5.74) is 1.07. The molecule has 0 heterocycles. The van der Waals surface area contributed by atoms with Crippen molar-refractivity contribution in [3.05, 3.63) is 59.7 Å². The van der Waals surface area contributed by atoms with Crippen LogP contribution in [-0.2, 0) is 30.3 Å². The minimum absolute atomic E-state index is 0.0442. The average Bonchev–Trinajstić information content (AvgIpc) is 2.86. The van der Waals surface area contributed by atoms with Gasteiger partial charge < -0.3 is 24.3 Å². The summed E-state index contributed by atoms with van der Waals surface area (Å²) < 4.78 is 21.0. The van der Waals surface area contributed by atoms with Gasteiger partial charge in [0, 0.05) is 6.54 Å². The minimum Gasteiger partial charge on any atom is -0.468 e. The average molecular weight is 500 g/mol. The predicted octanol–water partition coefficient (Wildman–Crippen LogP) is 3.34. The summed E-state index contributed by atoms with van der Waals surface area (Å²) in [5.74, 6) is -2.51. The Balaban J connectivity index is 2.10. The number of esters is 4. The molecule has 9 heteroatoms. The number of benzene rings is 2. The van der Waals surface area contributed by atoms with Gasteiger partial charge in [-0.15, -0.1) is 0 Å². The molecule has 2 rings (SSSR count). The van der Waals surface area contributed by atoms with E-state index < -0.39 is 35.8 Å². The fourth-order valence-corrected chi connectivity index (χ4v) is 2.95. The summed E-state index contributed by atoms with van der Waals surface area (Å²) in [6, 6.07) is 12.6. The second-order valence-corrected chi connectivity index (χ2v) is 8.67. The zero-order valence-corrected chi connectivity index (χ0v) is 21.2. The number of rotatable bonds is 12. The molecule has 1 atom stereocenters. The second kappa shape index (κ2) is 14.0. The summed E-state index contributed by atoms with van der Waals surface area (Å²) in [5, 5.41) is 3.02. The maximum absolute atomic E-state index is 12.4. The molecule has 2 aromatic carbocycles. The lowest BCUT2D eigenvalue weighted by molar-refractivity contribution is -0.143. The standard InChI is InChI=1S/C27H33NO8/c1-17(2)24(29)35-22-12-11-19(16-23(22)36-25(30)18(3)4)15-21(27(32)33-5)28-13-14-34-26(31)20-9-7-6-8-10-20/h6-12,16-18,21,28H,13-15H2,1-5H3/t21-/m0/s1. The van der Waals surface area contributed by atoms with Gasteiger partial charge in [0.15, 0.2) is 11.5 Å². The number of hydrogen-bond donors (Lipinski definition) is 1. The van der Waals surface area contributed by atoms with E-state index >= 15 is 0 Å². The molecule has 0 amide bonds. The van der Waals surface area contributed by atoms with Crippen LogP contribution in [0.2, 0.25) is 0 Å². The van der Waals surface area contributed by atoms with Crippen LogP contribution in [0.25, 0.3) is 0 Å². The Bertz CT molecular complexity index is 1050. The van der Waals surface area contributed by atoms with Crippen LogP contribution in [0.4, 0.5) is 0 Å². The summed E-state index contributed by atoms with van der Waals surface area (Å²) >= 11 is 0. The lowest BCUT2D eigenvalue weighted by atomic mass is 10.0. The summed E-state index contributed by atoms with van der Waals surface area (Å²) in [7, 11) is 1.27. The molecular formula is C27H33NO8. The maximum Gasteiger partial charge on any atom is 0.338 e.